The number of hydrogen-bond donors (Lipinski definition) is 1. The first-order valence-electron chi connectivity index (χ1n) is 6.59. The molecule has 0 amide bonds. The second-order valence-electron chi connectivity index (χ2n) is 3.94. The molecule has 0 aliphatic rings. The van der Waals surface area contributed by atoms with Crippen molar-refractivity contribution in [1.29, 1.82) is 0 Å². The lowest BCUT2D eigenvalue weighted by molar-refractivity contribution is 0.0963. The summed E-state index contributed by atoms with van der Waals surface area (Å²) in [5.41, 5.74) is 0.890. The van der Waals surface area contributed by atoms with E-state index in [1.165, 1.54) is 0 Å². The maximum atomic E-state index is 5.48. The second kappa shape index (κ2) is 9.79. The molecule has 0 aliphatic heterocycles. The van der Waals surface area contributed by atoms with Crippen molar-refractivity contribution >= 4 is 0 Å². The van der Waals surface area contributed by atoms with Crippen LogP contribution in [0.5, 0.6) is 5.88 Å². The van der Waals surface area contributed by atoms with Gasteiger partial charge in [-0.05, 0) is 13.0 Å². The van der Waals surface area contributed by atoms with Crippen LogP contribution in [0.4, 0.5) is 0 Å². The Morgan fingerprint density at radius 1 is 1.17 bits per heavy atom. The molecule has 0 unspecified atom stereocenters. The van der Waals surface area contributed by atoms with Crippen molar-refractivity contribution in [3.05, 3.63) is 18.1 Å². The van der Waals surface area contributed by atoms with Gasteiger partial charge in [0.05, 0.1) is 18.5 Å². The van der Waals surface area contributed by atoms with Gasteiger partial charge in [0.2, 0.25) is 5.88 Å². The molecule has 18 heavy (non-hydrogen) atoms. The Morgan fingerprint density at radius 2 is 2.06 bits per heavy atom. The largest absolute Gasteiger partial charge is 0.474 e. The van der Waals surface area contributed by atoms with Crippen molar-refractivity contribution < 1.29 is 9.47 Å². The van der Waals surface area contributed by atoms with Crippen LogP contribution in [-0.4, -0.2) is 36.3 Å². The highest BCUT2D eigenvalue weighted by atomic mass is 16.5. The summed E-state index contributed by atoms with van der Waals surface area (Å²) in [7, 11) is 0. The molecule has 0 aliphatic carbocycles. The van der Waals surface area contributed by atoms with Gasteiger partial charge in [-0.2, -0.15) is 0 Å². The molecule has 1 N–H and O–H groups in total. The number of ether oxygens (including phenoxy) is 2. The third-order valence-electron chi connectivity index (χ3n) is 2.34. The second-order valence-corrected chi connectivity index (χ2v) is 3.94. The summed E-state index contributed by atoms with van der Waals surface area (Å²) in [4.78, 5) is 8.44. The number of nitrogens with zero attached hydrogens (tertiary/aromatic N) is 2. The van der Waals surface area contributed by atoms with Gasteiger partial charge in [0.1, 0.15) is 6.61 Å². The topological polar surface area (TPSA) is 56.3 Å². The first-order chi connectivity index (χ1) is 8.86. The van der Waals surface area contributed by atoms with Crippen LogP contribution < -0.4 is 10.1 Å². The van der Waals surface area contributed by atoms with E-state index in [9.17, 15) is 0 Å². The van der Waals surface area contributed by atoms with E-state index in [4.69, 9.17) is 9.47 Å². The van der Waals surface area contributed by atoms with Gasteiger partial charge in [0.15, 0.2) is 0 Å². The fourth-order valence-electron chi connectivity index (χ4n) is 1.35. The number of aromatic nitrogens is 2. The van der Waals surface area contributed by atoms with E-state index in [1.54, 1.807) is 12.4 Å². The molecule has 0 saturated carbocycles. The normalized spacial score (nSPS) is 10.6. The van der Waals surface area contributed by atoms with E-state index >= 15 is 0 Å². The van der Waals surface area contributed by atoms with Crippen LogP contribution in [0.3, 0.4) is 0 Å². The summed E-state index contributed by atoms with van der Waals surface area (Å²) >= 11 is 0. The van der Waals surface area contributed by atoms with Crippen LogP contribution in [0.15, 0.2) is 12.4 Å². The summed E-state index contributed by atoms with van der Waals surface area (Å²) in [5, 5.41) is 3.20. The van der Waals surface area contributed by atoms with E-state index in [0.717, 1.165) is 31.7 Å². The number of unbranched alkanes of at least 4 members (excludes halogenated alkanes) is 1. The highest BCUT2D eigenvalue weighted by Gasteiger charge is 1.99. The summed E-state index contributed by atoms with van der Waals surface area (Å²) in [6, 6.07) is 0. The molecule has 1 rings (SSSR count). The lowest BCUT2D eigenvalue weighted by Gasteiger charge is -2.07. The molecule has 5 heteroatoms. The minimum atomic E-state index is 0.517. The molecule has 0 fully saturated rings. The minimum Gasteiger partial charge on any atom is -0.474 e. The van der Waals surface area contributed by atoms with Crippen LogP contribution in [-0.2, 0) is 11.3 Å². The highest BCUT2D eigenvalue weighted by molar-refractivity contribution is 5.08. The predicted octanol–water partition coefficient (Wildman–Crippen LogP) is 1.78. The van der Waals surface area contributed by atoms with Crippen molar-refractivity contribution in [3.63, 3.8) is 0 Å². The van der Waals surface area contributed by atoms with Crippen LogP contribution in [0.25, 0.3) is 0 Å². The maximum absolute atomic E-state index is 5.48. The smallest absolute Gasteiger partial charge is 0.232 e. The fourth-order valence-corrected chi connectivity index (χ4v) is 1.35. The fraction of sp³-hybridized carbons (Fsp3) is 0.692. The monoisotopic (exact) mass is 253 g/mol. The average molecular weight is 253 g/mol. The van der Waals surface area contributed by atoms with Gasteiger partial charge < -0.3 is 14.8 Å². The SMILES string of the molecule is CCCCOCCOc1cncc(CNCC)n1. The Morgan fingerprint density at radius 3 is 2.83 bits per heavy atom. The number of nitrogens with one attached hydrogen (secondary N) is 1. The zero-order chi connectivity index (χ0) is 13.1. The zero-order valence-electron chi connectivity index (χ0n) is 11.3. The van der Waals surface area contributed by atoms with Crippen molar-refractivity contribution in [2.24, 2.45) is 0 Å². The standard InChI is InChI=1S/C13H23N3O2/c1-3-5-6-17-7-8-18-13-11-15-10-12(16-13)9-14-4-2/h10-11,14H,3-9H2,1-2H3. The van der Waals surface area contributed by atoms with Gasteiger partial charge in [0.25, 0.3) is 0 Å². The van der Waals surface area contributed by atoms with Gasteiger partial charge in [0, 0.05) is 19.3 Å². The summed E-state index contributed by atoms with van der Waals surface area (Å²) in [6.07, 6.45) is 5.62. The Kier molecular flexibility index (Phi) is 8.08. The number of rotatable bonds is 10. The molecule has 1 aromatic rings. The Bertz CT molecular complexity index is 321. The van der Waals surface area contributed by atoms with Crippen molar-refractivity contribution in [3.8, 4) is 5.88 Å². The van der Waals surface area contributed by atoms with E-state index < -0.39 is 0 Å². The van der Waals surface area contributed by atoms with Gasteiger partial charge >= 0.3 is 0 Å². The molecule has 1 heterocycles. The average Bonchev–Trinajstić information content (AvgIpc) is 2.41. The predicted molar refractivity (Wildman–Crippen MR) is 70.6 cm³/mol. The summed E-state index contributed by atoms with van der Waals surface area (Å²) < 4.78 is 10.9. The van der Waals surface area contributed by atoms with E-state index in [2.05, 4.69) is 29.1 Å². The van der Waals surface area contributed by atoms with Crippen molar-refractivity contribution in [2.45, 2.75) is 33.2 Å². The molecule has 5 nitrogen and oxygen atoms in total. The van der Waals surface area contributed by atoms with Crippen LogP contribution in [0.2, 0.25) is 0 Å². The molecule has 0 atom stereocenters. The van der Waals surface area contributed by atoms with Crippen molar-refractivity contribution in [2.75, 3.05) is 26.4 Å². The Hall–Kier alpha value is -1.20. The maximum Gasteiger partial charge on any atom is 0.232 e. The van der Waals surface area contributed by atoms with Gasteiger partial charge in [-0.3, -0.25) is 4.98 Å². The van der Waals surface area contributed by atoms with Crippen LogP contribution in [0.1, 0.15) is 32.4 Å². The van der Waals surface area contributed by atoms with E-state index in [1.807, 2.05) is 0 Å². The molecular formula is C13H23N3O2. The van der Waals surface area contributed by atoms with Gasteiger partial charge in [-0.1, -0.05) is 20.3 Å². The zero-order valence-corrected chi connectivity index (χ0v) is 11.3. The van der Waals surface area contributed by atoms with E-state index in [0.29, 0.717) is 25.6 Å². The summed E-state index contributed by atoms with van der Waals surface area (Å²) in [5.74, 6) is 0.560. The minimum absolute atomic E-state index is 0.517. The molecule has 0 spiro atoms. The molecule has 0 aromatic carbocycles. The van der Waals surface area contributed by atoms with Gasteiger partial charge in [-0.15, -0.1) is 0 Å². The van der Waals surface area contributed by atoms with Crippen LogP contribution in [0, 0.1) is 0 Å². The third-order valence-corrected chi connectivity index (χ3v) is 2.34. The lowest BCUT2D eigenvalue weighted by Crippen LogP contribution is -2.14. The quantitative estimate of drug-likeness (QED) is 0.644. The number of hydrogen-bond acceptors (Lipinski definition) is 5. The first-order valence-corrected chi connectivity index (χ1v) is 6.59. The Balaban J connectivity index is 2.20. The van der Waals surface area contributed by atoms with Gasteiger partial charge in [-0.25, -0.2) is 4.98 Å². The molecule has 1 aromatic heterocycles. The van der Waals surface area contributed by atoms with Crippen LogP contribution >= 0.6 is 0 Å². The first kappa shape index (κ1) is 14.9. The van der Waals surface area contributed by atoms with Crippen molar-refractivity contribution in [1.82, 2.24) is 15.3 Å². The Labute approximate surface area is 109 Å². The molecule has 0 bridgehead atoms. The highest BCUT2D eigenvalue weighted by Crippen LogP contribution is 2.04. The lowest BCUT2D eigenvalue weighted by atomic mass is 10.4. The van der Waals surface area contributed by atoms with E-state index in [-0.39, 0.29) is 0 Å². The third kappa shape index (κ3) is 6.51. The summed E-state index contributed by atoms with van der Waals surface area (Å²) in [6.45, 7) is 7.74. The molecule has 102 valence electrons. The molecular weight excluding hydrogens is 230 g/mol. The molecule has 0 saturated heterocycles. The molecule has 0 radical (unpaired) electrons.